The van der Waals surface area contributed by atoms with Gasteiger partial charge in [-0.2, -0.15) is 13.7 Å². The molecule has 0 aromatic heterocycles. The van der Waals surface area contributed by atoms with Crippen molar-refractivity contribution >= 4 is 21.7 Å². The lowest BCUT2D eigenvalue weighted by Gasteiger charge is -2.19. The fraction of sp³-hybridized carbons (Fsp3) is 0.545. The number of hydrogen-bond donors (Lipinski definition) is 3. The first-order valence-corrected chi connectivity index (χ1v) is 12.1. The van der Waals surface area contributed by atoms with E-state index in [1.54, 1.807) is 0 Å². The number of hydrogen-bond acceptors (Lipinski definition) is 5. The molecule has 1 aliphatic rings. The van der Waals surface area contributed by atoms with Crippen LogP contribution in [-0.4, -0.2) is 24.9 Å². The number of amides is 1. The lowest BCUT2D eigenvalue weighted by atomic mass is 9.98. The van der Waals surface area contributed by atoms with Crippen LogP contribution in [0.3, 0.4) is 0 Å². The smallest absolute Gasteiger partial charge is 0.294 e. The van der Waals surface area contributed by atoms with Crippen LogP contribution in [0, 0.1) is 11.3 Å². The van der Waals surface area contributed by atoms with Gasteiger partial charge in [0.15, 0.2) is 0 Å². The van der Waals surface area contributed by atoms with Gasteiger partial charge in [0.1, 0.15) is 11.6 Å². The van der Waals surface area contributed by atoms with Crippen molar-refractivity contribution in [2.24, 2.45) is 0 Å². The Hall–Kier alpha value is -2.37. The van der Waals surface area contributed by atoms with Gasteiger partial charge in [-0.3, -0.25) is 9.35 Å². The zero-order valence-corrected chi connectivity index (χ0v) is 18.1. The summed E-state index contributed by atoms with van der Waals surface area (Å²) in [7, 11) is -4.26. The van der Waals surface area contributed by atoms with Gasteiger partial charge in [0.2, 0.25) is 0 Å². The molecule has 8 heteroatoms. The lowest BCUT2D eigenvalue weighted by Crippen LogP contribution is -2.35. The summed E-state index contributed by atoms with van der Waals surface area (Å²) in [4.78, 5) is 12.3. The first kappa shape index (κ1) is 23.9. The number of nitriles is 1. The van der Waals surface area contributed by atoms with Crippen LogP contribution < -0.4 is 10.6 Å². The normalized spacial score (nSPS) is 17.8. The summed E-state index contributed by atoms with van der Waals surface area (Å²) in [6.07, 6.45) is 14.0. The molecule has 3 N–H and O–H groups in total. The Morgan fingerprint density at radius 2 is 1.47 bits per heavy atom. The van der Waals surface area contributed by atoms with Gasteiger partial charge in [0, 0.05) is 17.9 Å². The molecule has 30 heavy (non-hydrogen) atoms. The van der Waals surface area contributed by atoms with Crippen molar-refractivity contribution in [2.75, 3.05) is 5.32 Å². The minimum absolute atomic E-state index is 0.0417. The Morgan fingerprint density at radius 3 is 1.93 bits per heavy atom. The SMILES string of the molecule is N#C/C(=C/Nc1ccc(S(=O)(=O)O)cc1)C(=O)NC1CCCCCCCCCCC1. The van der Waals surface area contributed by atoms with Gasteiger partial charge in [0.25, 0.3) is 16.0 Å². The van der Waals surface area contributed by atoms with Gasteiger partial charge in [0.05, 0.1) is 4.90 Å². The van der Waals surface area contributed by atoms with Crippen LogP contribution in [0.2, 0.25) is 0 Å². The van der Waals surface area contributed by atoms with Crippen LogP contribution in [0.25, 0.3) is 0 Å². The van der Waals surface area contributed by atoms with Crippen LogP contribution in [0.1, 0.15) is 70.6 Å². The highest BCUT2D eigenvalue weighted by Gasteiger charge is 2.16. The van der Waals surface area contributed by atoms with Crippen molar-refractivity contribution in [2.45, 2.75) is 81.6 Å². The Labute approximate surface area is 179 Å². The molecule has 1 aliphatic carbocycles. The number of rotatable bonds is 5. The molecule has 1 amide bonds. The van der Waals surface area contributed by atoms with Gasteiger partial charge in [-0.15, -0.1) is 0 Å². The van der Waals surface area contributed by atoms with Crippen molar-refractivity contribution in [3.8, 4) is 6.07 Å². The lowest BCUT2D eigenvalue weighted by molar-refractivity contribution is -0.117. The Bertz CT molecular complexity index is 845. The first-order chi connectivity index (χ1) is 14.4. The number of carbonyl (C=O) groups is 1. The minimum atomic E-state index is -4.26. The molecule has 0 unspecified atom stereocenters. The molecule has 0 spiro atoms. The molecule has 0 bridgehead atoms. The van der Waals surface area contributed by atoms with Gasteiger partial charge in [-0.1, -0.05) is 57.8 Å². The van der Waals surface area contributed by atoms with Gasteiger partial charge in [-0.25, -0.2) is 0 Å². The summed E-state index contributed by atoms with van der Waals surface area (Å²) in [5.41, 5.74) is 0.453. The van der Waals surface area contributed by atoms with E-state index in [9.17, 15) is 18.5 Å². The molecule has 2 rings (SSSR count). The predicted octanol–water partition coefficient (Wildman–Crippen LogP) is 4.54. The second-order valence-corrected chi connectivity index (χ2v) is 9.16. The van der Waals surface area contributed by atoms with Crippen LogP contribution >= 0.6 is 0 Å². The summed E-state index contributed by atoms with van der Waals surface area (Å²) >= 11 is 0. The fourth-order valence-corrected chi connectivity index (χ4v) is 4.08. The van der Waals surface area contributed by atoms with E-state index in [2.05, 4.69) is 10.6 Å². The molecule has 1 aromatic rings. The highest BCUT2D eigenvalue weighted by atomic mass is 32.2. The average Bonchev–Trinajstić information content (AvgIpc) is 2.70. The molecule has 164 valence electrons. The predicted molar refractivity (Wildman–Crippen MR) is 116 cm³/mol. The zero-order valence-electron chi connectivity index (χ0n) is 17.3. The largest absolute Gasteiger partial charge is 0.360 e. The van der Waals surface area contributed by atoms with Crippen molar-refractivity contribution in [1.29, 1.82) is 5.26 Å². The second kappa shape index (κ2) is 12.4. The van der Waals surface area contributed by atoms with E-state index in [0.29, 0.717) is 5.69 Å². The van der Waals surface area contributed by atoms with E-state index >= 15 is 0 Å². The van der Waals surface area contributed by atoms with Crippen LogP contribution in [0.5, 0.6) is 0 Å². The molecular formula is C22H31N3O4S. The maximum Gasteiger partial charge on any atom is 0.294 e. The number of benzene rings is 1. The number of nitrogens with one attached hydrogen (secondary N) is 2. The zero-order chi connectivity index (χ0) is 21.8. The molecule has 1 aromatic carbocycles. The molecule has 0 atom stereocenters. The quantitative estimate of drug-likeness (QED) is 0.356. The highest BCUT2D eigenvalue weighted by Crippen LogP contribution is 2.18. The topological polar surface area (TPSA) is 119 Å². The van der Waals surface area contributed by atoms with Crippen molar-refractivity contribution in [1.82, 2.24) is 5.32 Å². The van der Waals surface area contributed by atoms with Gasteiger partial charge >= 0.3 is 0 Å². The molecule has 0 radical (unpaired) electrons. The van der Waals surface area contributed by atoms with E-state index < -0.39 is 16.0 Å². The maximum atomic E-state index is 12.6. The van der Waals surface area contributed by atoms with E-state index in [-0.39, 0.29) is 16.5 Å². The van der Waals surface area contributed by atoms with E-state index in [1.165, 1.54) is 75.4 Å². The molecule has 0 saturated heterocycles. The third-order valence-corrected chi connectivity index (χ3v) is 6.21. The number of carbonyl (C=O) groups excluding carboxylic acids is 1. The monoisotopic (exact) mass is 433 g/mol. The second-order valence-electron chi connectivity index (χ2n) is 7.74. The fourth-order valence-electron chi connectivity index (χ4n) is 3.60. The summed E-state index contributed by atoms with van der Waals surface area (Å²) in [5.74, 6) is -0.406. The summed E-state index contributed by atoms with van der Waals surface area (Å²) < 4.78 is 31.2. The molecule has 0 aliphatic heterocycles. The standard InChI is InChI=1S/C22H31N3O4S/c23-16-18(17-24-19-12-14-21(15-13-19)30(27,28)29)22(26)25-20-10-8-6-4-2-1-3-5-7-9-11-20/h12-15,17,20,24H,1-11H2,(H,25,26)(H,27,28,29)/b18-17-. The Balaban J connectivity index is 1.95. The van der Waals surface area contributed by atoms with E-state index in [4.69, 9.17) is 4.55 Å². The minimum Gasteiger partial charge on any atom is -0.360 e. The Morgan fingerprint density at radius 1 is 0.967 bits per heavy atom. The molecule has 1 fully saturated rings. The summed E-state index contributed by atoms with van der Waals surface area (Å²) in [6, 6.07) is 7.35. The van der Waals surface area contributed by atoms with Gasteiger partial charge < -0.3 is 10.6 Å². The summed E-state index contributed by atoms with van der Waals surface area (Å²) in [6.45, 7) is 0. The Kier molecular flexibility index (Phi) is 9.84. The molecule has 0 heterocycles. The third-order valence-electron chi connectivity index (χ3n) is 5.34. The van der Waals surface area contributed by atoms with Crippen molar-refractivity contribution in [3.05, 3.63) is 36.0 Å². The maximum absolute atomic E-state index is 12.6. The van der Waals surface area contributed by atoms with Crippen molar-refractivity contribution in [3.63, 3.8) is 0 Å². The van der Waals surface area contributed by atoms with Crippen LogP contribution in [0.4, 0.5) is 5.69 Å². The molecular weight excluding hydrogens is 402 g/mol. The van der Waals surface area contributed by atoms with E-state index in [0.717, 1.165) is 25.7 Å². The van der Waals surface area contributed by atoms with E-state index in [1.807, 2.05) is 6.07 Å². The highest BCUT2D eigenvalue weighted by molar-refractivity contribution is 7.85. The van der Waals surface area contributed by atoms with Crippen molar-refractivity contribution < 1.29 is 17.8 Å². The van der Waals surface area contributed by atoms with Gasteiger partial charge in [-0.05, 0) is 37.1 Å². The average molecular weight is 434 g/mol. The first-order valence-electron chi connectivity index (χ1n) is 10.7. The number of nitrogens with zero attached hydrogens (tertiary/aromatic N) is 1. The summed E-state index contributed by atoms with van der Waals surface area (Å²) in [5, 5.41) is 15.2. The molecule has 1 saturated carbocycles. The molecule has 7 nitrogen and oxygen atoms in total. The van der Waals surface area contributed by atoms with Crippen LogP contribution in [-0.2, 0) is 14.9 Å². The number of anilines is 1. The van der Waals surface area contributed by atoms with Crippen LogP contribution in [0.15, 0.2) is 40.9 Å². The third kappa shape index (κ3) is 8.56.